The number of hydrogen-bond acceptors (Lipinski definition) is 5. The topological polar surface area (TPSA) is 50.7 Å². The molecule has 6 heteroatoms. The molecule has 4 nitrogen and oxygen atoms in total. The number of anilines is 2. The second kappa shape index (κ2) is 6.61. The van der Waals surface area contributed by atoms with E-state index in [0.717, 1.165) is 43.1 Å². The number of rotatable bonds is 3. The number of thiophene rings is 1. The highest BCUT2D eigenvalue weighted by Gasteiger charge is 2.10. The SMILES string of the molecule is Clc1csc2cc(Nc3nc(-c4cccnc4)nc4ccccc34)ccc12. The van der Waals surface area contributed by atoms with Crippen LogP contribution < -0.4 is 5.32 Å². The lowest BCUT2D eigenvalue weighted by Crippen LogP contribution is -1.99. The zero-order valence-corrected chi connectivity index (χ0v) is 15.6. The summed E-state index contributed by atoms with van der Waals surface area (Å²) in [5.41, 5.74) is 2.72. The third kappa shape index (κ3) is 3.01. The van der Waals surface area contributed by atoms with Gasteiger partial charge in [0.25, 0.3) is 0 Å². The maximum absolute atomic E-state index is 6.22. The van der Waals surface area contributed by atoms with Gasteiger partial charge in [0.2, 0.25) is 0 Å². The average Bonchev–Trinajstić information content (AvgIpc) is 3.09. The Balaban J connectivity index is 1.64. The Morgan fingerprint density at radius 3 is 2.74 bits per heavy atom. The molecule has 3 aromatic heterocycles. The Hall–Kier alpha value is -3.02. The summed E-state index contributed by atoms with van der Waals surface area (Å²) in [6.45, 7) is 0. The fourth-order valence-corrected chi connectivity index (χ4v) is 4.22. The monoisotopic (exact) mass is 388 g/mol. The zero-order valence-electron chi connectivity index (χ0n) is 14.1. The van der Waals surface area contributed by atoms with Gasteiger partial charge in [-0.2, -0.15) is 0 Å². The quantitative estimate of drug-likeness (QED) is 0.394. The van der Waals surface area contributed by atoms with E-state index in [-0.39, 0.29) is 0 Å². The number of pyridine rings is 1. The summed E-state index contributed by atoms with van der Waals surface area (Å²) in [5, 5.41) is 8.22. The van der Waals surface area contributed by atoms with Gasteiger partial charge in [-0.25, -0.2) is 9.97 Å². The summed E-state index contributed by atoms with van der Waals surface area (Å²) in [6.07, 6.45) is 3.51. The second-order valence-corrected chi connectivity index (χ2v) is 7.39. The van der Waals surface area contributed by atoms with Gasteiger partial charge in [0, 0.05) is 44.5 Å². The van der Waals surface area contributed by atoms with Crippen LogP contribution in [0.5, 0.6) is 0 Å². The van der Waals surface area contributed by atoms with Crippen molar-refractivity contribution in [2.45, 2.75) is 0 Å². The fourth-order valence-electron chi connectivity index (χ4n) is 3.01. The van der Waals surface area contributed by atoms with Crippen molar-refractivity contribution in [2.75, 3.05) is 5.32 Å². The predicted molar refractivity (Wildman–Crippen MR) is 113 cm³/mol. The molecule has 0 saturated heterocycles. The minimum absolute atomic E-state index is 0.643. The molecular weight excluding hydrogens is 376 g/mol. The lowest BCUT2D eigenvalue weighted by atomic mass is 10.2. The van der Waals surface area contributed by atoms with Crippen molar-refractivity contribution in [3.05, 3.63) is 77.4 Å². The predicted octanol–water partition coefficient (Wildman–Crippen LogP) is 6.30. The van der Waals surface area contributed by atoms with Crippen molar-refractivity contribution >= 4 is 55.4 Å². The Morgan fingerprint density at radius 2 is 1.85 bits per heavy atom. The van der Waals surface area contributed by atoms with Crippen LogP contribution in [0.15, 0.2) is 72.4 Å². The number of benzene rings is 2. The van der Waals surface area contributed by atoms with Crippen LogP contribution in [0.2, 0.25) is 5.02 Å². The molecule has 0 spiro atoms. The zero-order chi connectivity index (χ0) is 18.2. The molecular formula is C21H13ClN4S. The summed E-state index contributed by atoms with van der Waals surface area (Å²) in [4.78, 5) is 13.6. The number of nitrogens with one attached hydrogen (secondary N) is 1. The molecule has 0 aliphatic heterocycles. The van der Waals surface area contributed by atoms with E-state index in [1.165, 1.54) is 0 Å². The van der Waals surface area contributed by atoms with E-state index in [9.17, 15) is 0 Å². The first kappa shape index (κ1) is 16.2. The second-order valence-electron chi connectivity index (χ2n) is 6.07. The molecule has 0 fully saturated rings. The average molecular weight is 389 g/mol. The summed E-state index contributed by atoms with van der Waals surface area (Å²) >= 11 is 7.84. The highest BCUT2D eigenvalue weighted by atomic mass is 35.5. The number of hydrogen-bond donors (Lipinski definition) is 1. The molecule has 0 aliphatic carbocycles. The normalized spacial score (nSPS) is 11.1. The molecule has 3 heterocycles. The Kier molecular flexibility index (Phi) is 3.96. The highest BCUT2D eigenvalue weighted by Crippen LogP contribution is 2.33. The third-order valence-electron chi connectivity index (χ3n) is 4.31. The molecule has 27 heavy (non-hydrogen) atoms. The van der Waals surface area contributed by atoms with Crippen molar-refractivity contribution < 1.29 is 0 Å². The minimum atomic E-state index is 0.643. The summed E-state index contributed by atoms with van der Waals surface area (Å²) in [5.74, 6) is 1.41. The molecule has 2 aromatic carbocycles. The van der Waals surface area contributed by atoms with Crippen molar-refractivity contribution in [1.82, 2.24) is 15.0 Å². The van der Waals surface area contributed by atoms with Crippen LogP contribution in [0.4, 0.5) is 11.5 Å². The number of nitrogens with zero attached hydrogens (tertiary/aromatic N) is 3. The Labute approximate surface area is 164 Å². The maximum Gasteiger partial charge on any atom is 0.163 e. The Bertz CT molecular complexity index is 1270. The lowest BCUT2D eigenvalue weighted by Gasteiger charge is -2.11. The molecule has 0 saturated carbocycles. The fraction of sp³-hybridized carbons (Fsp3) is 0. The summed E-state index contributed by atoms with van der Waals surface area (Å²) in [7, 11) is 0. The van der Waals surface area contributed by atoms with Crippen molar-refractivity contribution in [3.63, 3.8) is 0 Å². The van der Waals surface area contributed by atoms with Gasteiger partial charge in [-0.05, 0) is 42.5 Å². The molecule has 0 atom stereocenters. The molecule has 5 rings (SSSR count). The molecule has 130 valence electrons. The van der Waals surface area contributed by atoms with E-state index in [2.05, 4.69) is 16.4 Å². The van der Waals surface area contributed by atoms with Crippen molar-refractivity contribution in [3.8, 4) is 11.4 Å². The molecule has 0 amide bonds. The van der Waals surface area contributed by atoms with Gasteiger partial charge >= 0.3 is 0 Å². The number of para-hydroxylation sites is 1. The summed E-state index contributed by atoms with van der Waals surface area (Å²) in [6, 6.07) is 18.0. The van der Waals surface area contributed by atoms with E-state index >= 15 is 0 Å². The number of fused-ring (bicyclic) bond motifs is 2. The molecule has 0 aliphatic rings. The van der Waals surface area contributed by atoms with E-state index in [4.69, 9.17) is 21.6 Å². The van der Waals surface area contributed by atoms with Gasteiger partial charge in [0.05, 0.1) is 10.5 Å². The first-order valence-corrected chi connectivity index (χ1v) is 9.65. The standard InChI is InChI=1S/C21H13ClN4S/c22-17-12-27-19-10-14(7-8-15(17)19)24-21-16-5-1-2-6-18(16)25-20(26-21)13-4-3-9-23-11-13/h1-12H,(H,24,25,26). The van der Waals surface area contributed by atoms with E-state index in [1.54, 1.807) is 23.7 Å². The van der Waals surface area contributed by atoms with Gasteiger partial charge in [-0.1, -0.05) is 23.7 Å². The third-order valence-corrected chi connectivity index (χ3v) is 5.70. The molecule has 1 N–H and O–H groups in total. The number of aromatic nitrogens is 3. The smallest absolute Gasteiger partial charge is 0.163 e. The van der Waals surface area contributed by atoms with Crippen LogP contribution >= 0.6 is 22.9 Å². The van der Waals surface area contributed by atoms with Crippen LogP contribution in [0, 0.1) is 0 Å². The van der Waals surface area contributed by atoms with E-state index in [0.29, 0.717) is 5.82 Å². The van der Waals surface area contributed by atoms with E-state index < -0.39 is 0 Å². The lowest BCUT2D eigenvalue weighted by molar-refractivity contribution is 1.20. The molecule has 0 unspecified atom stereocenters. The maximum atomic E-state index is 6.22. The molecule has 0 radical (unpaired) electrons. The van der Waals surface area contributed by atoms with Crippen LogP contribution in [-0.2, 0) is 0 Å². The van der Waals surface area contributed by atoms with Crippen LogP contribution in [0.1, 0.15) is 0 Å². The van der Waals surface area contributed by atoms with E-state index in [1.807, 2.05) is 53.9 Å². The van der Waals surface area contributed by atoms with Gasteiger partial charge in [-0.3, -0.25) is 4.98 Å². The van der Waals surface area contributed by atoms with Gasteiger partial charge < -0.3 is 5.32 Å². The minimum Gasteiger partial charge on any atom is -0.340 e. The van der Waals surface area contributed by atoms with Crippen LogP contribution in [-0.4, -0.2) is 15.0 Å². The van der Waals surface area contributed by atoms with Gasteiger partial charge in [0.15, 0.2) is 5.82 Å². The number of halogens is 1. The molecule has 0 bridgehead atoms. The molecule has 5 aromatic rings. The van der Waals surface area contributed by atoms with Crippen molar-refractivity contribution in [1.29, 1.82) is 0 Å². The summed E-state index contributed by atoms with van der Waals surface area (Å²) < 4.78 is 1.14. The Morgan fingerprint density at radius 1 is 0.926 bits per heavy atom. The van der Waals surface area contributed by atoms with Gasteiger partial charge in [-0.15, -0.1) is 11.3 Å². The van der Waals surface area contributed by atoms with Gasteiger partial charge in [0.1, 0.15) is 5.82 Å². The first-order chi connectivity index (χ1) is 13.3. The van der Waals surface area contributed by atoms with Crippen LogP contribution in [0.3, 0.4) is 0 Å². The first-order valence-electron chi connectivity index (χ1n) is 8.39. The largest absolute Gasteiger partial charge is 0.340 e. The van der Waals surface area contributed by atoms with Crippen molar-refractivity contribution in [2.24, 2.45) is 0 Å². The van der Waals surface area contributed by atoms with Crippen LogP contribution in [0.25, 0.3) is 32.4 Å². The highest BCUT2D eigenvalue weighted by molar-refractivity contribution is 7.17.